The van der Waals surface area contributed by atoms with Crippen molar-refractivity contribution < 1.29 is 4.74 Å². The second-order valence-corrected chi connectivity index (χ2v) is 8.36. The summed E-state index contributed by atoms with van der Waals surface area (Å²) >= 11 is 9.59. The van der Waals surface area contributed by atoms with Gasteiger partial charge in [0.25, 0.3) is 0 Å². The van der Waals surface area contributed by atoms with Crippen molar-refractivity contribution in [1.82, 2.24) is 9.55 Å². The molecule has 0 bridgehead atoms. The van der Waals surface area contributed by atoms with Crippen molar-refractivity contribution in [3.8, 4) is 5.75 Å². The van der Waals surface area contributed by atoms with Gasteiger partial charge in [-0.25, -0.2) is 4.98 Å². The van der Waals surface area contributed by atoms with Gasteiger partial charge in [0.05, 0.1) is 13.4 Å². The Morgan fingerprint density at radius 2 is 2.12 bits per heavy atom. The molecule has 0 saturated heterocycles. The van der Waals surface area contributed by atoms with Gasteiger partial charge >= 0.3 is 0 Å². The quantitative estimate of drug-likeness (QED) is 0.491. The van der Waals surface area contributed by atoms with Gasteiger partial charge in [-0.15, -0.1) is 23.1 Å². The third-order valence-electron chi connectivity index (χ3n) is 3.73. The zero-order valence-electron chi connectivity index (χ0n) is 13.4. The number of nitrogens with zero attached hydrogens (tertiary/aromatic N) is 2. The lowest BCUT2D eigenvalue weighted by atomic mass is 10.1. The van der Waals surface area contributed by atoms with Crippen molar-refractivity contribution in [3.63, 3.8) is 0 Å². The van der Waals surface area contributed by atoms with E-state index >= 15 is 0 Å². The highest BCUT2D eigenvalue weighted by Gasteiger charge is 2.16. The largest absolute Gasteiger partial charge is 0.495 e. The van der Waals surface area contributed by atoms with Crippen LogP contribution in [-0.4, -0.2) is 21.9 Å². The molecule has 3 rings (SSSR count). The number of halogens is 1. The number of rotatable bonds is 8. The Kier molecular flexibility index (Phi) is 6.24. The number of imidazole rings is 1. The summed E-state index contributed by atoms with van der Waals surface area (Å²) in [6.07, 6.45) is 7.82. The maximum absolute atomic E-state index is 5.97. The molecular formula is C18H19ClN2OS2. The Hall–Kier alpha value is -1.43. The fourth-order valence-corrected chi connectivity index (χ4v) is 5.03. The number of ether oxygens (including phenoxy) is 1. The summed E-state index contributed by atoms with van der Waals surface area (Å²) < 4.78 is 8.83. The van der Waals surface area contributed by atoms with Crippen molar-refractivity contribution in [2.45, 2.75) is 28.8 Å². The van der Waals surface area contributed by atoms with Gasteiger partial charge < -0.3 is 9.30 Å². The van der Waals surface area contributed by atoms with Gasteiger partial charge in [0.2, 0.25) is 0 Å². The lowest BCUT2D eigenvalue weighted by molar-refractivity contribution is 0.408. The number of hydrogen-bond acceptors (Lipinski definition) is 4. The Balaban J connectivity index is 1.68. The van der Waals surface area contributed by atoms with Crippen LogP contribution in [0, 0.1) is 0 Å². The lowest BCUT2D eigenvalue weighted by Gasteiger charge is -2.17. The standard InChI is InChI=1S/C18H19ClN2OS2/c1-22-17-8-11-23-18(17)24-16(12-21-10-9-20-13-21)7-4-14-2-5-15(19)6-3-14/h2-3,5-6,8-11,13,16H,4,7,12H2,1H3. The molecule has 0 radical (unpaired) electrons. The van der Waals surface area contributed by atoms with Crippen LogP contribution in [0.25, 0.3) is 0 Å². The number of thiophene rings is 1. The zero-order chi connectivity index (χ0) is 16.8. The number of hydrogen-bond donors (Lipinski definition) is 0. The summed E-state index contributed by atoms with van der Waals surface area (Å²) in [4.78, 5) is 4.15. The number of benzene rings is 1. The molecule has 2 aromatic heterocycles. The SMILES string of the molecule is COc1ccsc1SC(CCc1ccc(Cl)cc1)Cn1ccnc1. The van der Waals surface area contributed by atoms with E-state index in [0.29, 0.717) is 5.25 Å². The summed E-state index contributed by atoms with van der Waals surface area (Å²) in [7, 11) is 1.73. The highest BCUT2D eigenvalue weighted by atomic mass is 35.5. The zero-order valence-corrected chi connectivity index (χ0v) is 15.8. The van der Waals surface area contributed by atoms with Crippen LogP contribution in [0.3, 0.4) is 0 Å². The van der Waals surface area contributed by atoms with E-state index in [4.69, 9.17) is 16.3 Å². The predicted molar refractivity (Wildman–Crippen MR) is 103 cm³/mol. The first-order valence-corrected chi connectivity index (χ1v) is 9.86. The third kappa shape index (κ3) is 4.79. The maximum atomic E-state index is 5.97. The van der Waals surface area contributed by atoms with Crippen LogP contribution < -0.4 is 4.74 Å². The number of aromatic nitrogens is 2. The molecule has 24 heavy (non-hydrogen) atoms. The molecule has 1 atom stereocenters. The van der Waals surface area contributed by atoms with Crippen LogP contribution in [0.15, 0.2) is 58.6 Å². The molecule has 2 heterocycles. The smallest absolute Gasteiger partial charge is 0.143 e. The van der Waals surface area contributed by atoms with E-state index in [1.165, 1.54) is 9.77 Å². The first-order valence-electron chi connectivity index (χ1n) is 7.73. The van der Waals surface area contributed by atoms with Crippen molar-refractivity contribution in [2.75, 3.05) is 7.11 Å². The van der Waals surface area contributed by atoms with E-state index in [-0.39, 0.29) is 0 Å². The van der Waals surface area contributed by atoms with E-state index in [9.17, 15) is 0 Å². The van der Waals surface area contributed by atoms with Gasteiger partial charge in [-0.1, -0.05) is 23.7 Å². The molecule has 6 heteroatoms. The molecule has 3 aromatic rings. The molecular weight excluding hydrogens is 360 g/mol. The molecule has 0 aliphatic heterocycles. The van der Waals surface area contributed by atoms with Crippen molar-refractivity contribution in [2.24, 2.45) is 0 Å². The predicted octanol–water partition coefficient (Wildman–Crippen LogP) is 5.40. The first-order chi connectivity index (χ1) is 11.7. The van der Waals surface area contributed by atoms with E-state index in [0.717, 1.165) is 30.2 Å². The highest BCUT2D eigenvalue weighted by molar-refractivity contribution is 8.01. The molecule has 0 aliphatic rings. The van der Waals surface area contributed by atoms with Gasteiger partial charge in [-0.2, -0.15) is 0 Å². The van der Waals surface area contributed by atoms with Crippen molar-refractivity contribution >= 4 is 34.7 Å². The van der Waals surface area contributed by atoms with Crippen molar-refractivity contribution in [1.29, 1.82) is 0 Å². The fraction of sp³-hybridized carbons (Fsp3) is 0.278. The summed E-state index contributed by atoms with van der Waals surface area (Å²) in [5, 5.41) is 3.31. The molecule has 3 nitrogen and oxygen atoms in total. The van der Waals surface area contributed by atoms with Gasteiger partial charge in [-0.05, 0) is 42.0 Å². The van der Waals surface area contributed by atoms with E-state index in [1.807, 2.05) is 48.7 Å². The summed E-state index contributed by atoms with van der Waals surface area (Å²) in [5.41, 5.74) is 1.31. The van der Waals surface area contributed by atoms with Crippen LogP contribution in [0.2, 0.25) is 5.02 Å². The Morgan fingerprint density at radius 3 is 2.83 bits per heavy atom. The Morgan fingerprint density at radius 1 is 1.29 bits per heavy atom. The number of methoxy groups -OCH3 is 1. The fourth-order valence-electron chi connectivity index (χ4n) is 2.47. The molecule has 0 aliphatic carbocycles. The number of aryl methyl sites for hydroxylation is 1. The molecule has 126 valence electrons. The maximum Gasteiger partial charge on any atom is 0.143 e. The molecule has 0 amide bonds. The van der Waals surface area contributed by atoms with Crippen LogP contribution >= 0.6 is 34.7 Å². The normalized spacial score (nSPS) is 12.2. The average molecular weight is 379 g/mol. The Bertz CT molecular complexity index is 741. The summed E-state index contributed by atoms with van der Waals surface area (Å²) in [5.74, 6) is 0.965. The molecule has 0 fully saturated rings. The molecule has 1 unspecified atom stereocenters. The van der Waals surface area contributed by atoms with E-state index in [1.54, 1.807) is 18.4 Å². The first kappa shape index (κ1) is 17.4. The van der Waals surface area contributed by atoms with Gasteiger partial charge in [0.15, 0.2) is 0 Å². The third-order valence-corrected chi connectivity index (χ3v) is 6.38. The van der Waals surface area contributed by atoms with Gasteiger partial charge in [0.1, 0.15) is 9.96 Å². The molecule has 0 spiro atoms. The minimum absolute atomic E-state index is 0.447. The molecule has 0 N–H and O–H groups in total. The van der Waals surface area contributed by atoms with Crippen LogP contribution in [0.5, 0.6) is 5.75 Å². The topological polar surface area (TPSA) is 27.1 Å². The van der Waals surface area contributed by atoms with Crippen LogP contribution in [0.1, 0.15) is 12.0 Å². The highest BCUT2D eigenvalue weighted by Crippen LogP contribution is 2.38. The second-order valence-electron chi connectivity index (χ2n) is 5.44. The second kappa shape index (κ2) is 8.60. The van der Waals surface area contributed by atoms with E-state index < -0.39 is 0 Å². The average Bonchev–Trinajstić information content (AvgIpc) is 3.25. The minimum atomic E-state index is 0.447. The minimum Gasteiger partial charge on any atom is -0.495 e. The summed E-state index contributed by atoms with van der Waals surface area (Å²) in [6, 6.07) is 10.1. The van der Waals surface area contributed by atoms with Crippen molar-refractivity contribution in [3.05, 3.63) is 65.0 Å². The molecule has 0 saturated carbocycles. The molecule has 1 aromatic carbocycles. The van der Waals surface area contributed by atoms with Gasteiger partial charge in [0, 0.05) is 29.2 Å². The lowest BCUT2D eigenvalue weighted by Crippen LogP contribution is -2.13. The van der Waals surface area contributed by atoms with Gasteiger partial charge in [-0.3, -0.25) is 0 Å². The number of thioether (sulfide) groups is 1. The Labute approximate surface area is 155 Å². The summed E-state index contributed by atoms with van der Waals surface area (Å²) in [6.45, 7) is 0.930. The van der Waals surface area contributed by atoms with Crippen LogP contribution in [0.4, 0.5) is 0 Å². The van der Waals surface area contributed by atoms with Crippen LogP contribution in [-0.2, 0) is 13.0 Å². The van der Waals surface area contributed by atoms with E-state index in [2.05, 4.69) is 27.1 Å². The monoisotopic (exact) mass is 378 g/mol.